The zero-order valence-electron chi connectivity index (χ0n) is 12.2. The van der Waals surface area contributed by atoms with Crippen LogP contribution in [0.3, 0.4) is 0 Å². The molecule has 0 aliphatic carbocycles. The summed E-state index contributed by atoms with van der Waals surface area (Å²) in [6, 6.07) is 3.62. The highest BCUT2D eigenvalue weighted by molar-refractivity contribution is 6.34. The Kier molecular flexibility index (Phi) is 4.40. The molecular weight excluding hydrogens is 306 g/mol. The van der Waals surface area contributed by atoms with Crippen molar-refractivity contribution in [1.82, 2.24) is 14.8 Å². The molecule has 1 fully saturated rings. The van der Waals surface area contributed by atoms with Gasteiger partial charge in [-0.3, -0.25) is 0 Å². The van der Waals surface area contributed by atoms with Crippen LogP contribution in [0.4, 0.5) is 0 Å². The van der Waals surface area contributed by atoms with Crippen molar-refractivity contribution >= 4 is 34.7 Å². The summed E-state index contributed by atoms with van der Waals surface area (Å²) in [7, 11) is 1.33. The molecular formula is C15H16ClN3O3. The highest BCUT2D eigenvalue weighted by Crippen LogP contribution is 2.29. The minimum atomic E-state index is -0.427. The average Bonchev–Trinajstić information content (AvgIpc) is 2.90. The smallest absolute Gasteiger partial charge is 0.330 e. The highest BCUT2D eigenvalue weighted by atomic mass is 35.5. The molecule has 0 saturated carbocycles. The summed E-state index contributed by atoms with van der Waals surface area (Å²) in [5, 5.41) is 5.52. The lowest BCUT2D eigenvalue weighted by Gasteiger charge is -2.22. The summed E-state index contributed by atoms with van der Waals surface area (Å²) in [4.78, 5) is 15.7. The highest BCUT2D eigenvalue weighted by Gasteiger charge is 2.21. The lowest BCUT2D eigenvalue weighted by atomic mass is 10.2. The summed E-state index contributed by atoms with van der Waals surface area (Å²) in [5.41, 5.74) is 1.29. The van der Waals surface area contributed by atoms with E-state index in [-0.39, 0.29) is 6.23 Å². The van der Waals surface area contributed by atoms with Crippen molar-refractivity contribution in [1.29, 1.82) is 0 Å². The number of aromatic nitrogens is 3. The molecule has 0 aromatic carbocycles. The predicted octanol–water partition coefficient (Wildman–Crippen LogP) is 2.97. The normalized spacial score (nSPS) is 18.9. The molecule has 3 rings (SSSR count). The molecule has 6 nitrogen and oxygen atoms in total. The second kappa shape index (κ2) is 6.46. The molecule has 0 amide bonds. The van der Waals surface area contributed by atoms with E-state index in [2.05, 4.69) is 14.8 Å². The topological polar surface area (TPSA) is 66.2 Å². The van der Waals surface area contributed by atoms with E-state index >= 15 is 0 Å². The molecule has 116 valence electrons. The number of carbonyl (C=O) groups excluding carboxylic acids is 1. The Balaban J connectivity index is 1.98. The monoisotopic (exact) mass is 321 g/mol. The number of halogens is 1. The van der Waals surface area contributed by atoms with Crippen LogP contribution in [0.2, 0.25) is 5.15 Å². The molecule has 1 unspecified atom stereocenters. The van der Waals surface area contributed by atoms with E-state index in [1.54, 1.807) is 16.8 Å². The van der Waals surface area contributed by atoms with Crippen LogP contribution in [0.15, 0.2) is 18.2 Å². The van der Waals surface area contributed by atoms with E-state index in [0.29, 0.717) is 23.1 Å². The molecule has 0 radical (unpaired) electrons. The van der Waals surface area contributed by atoms with Gasteiger partial charge in [-0.15, -0.1) is 0 Å². The van der Waals surface area contributed by atoms with Gasteiger partial charge < -0.3 is 9.47 Å². The van der Waals surface area contributed by atoms with Gasteiger partial charge in [-0.1, -0.05) is 11.6 Å². The standard InChI is InChI=1S/C15H16ClN3O3/c1-21-13(20)8-6-10-5-7-11-14(16)18-19(15(11)17-10)12-4-2-3-9-22-12/h5-8,12H,2-4,9H2,1H3/b8-6+. The maximum atomic E-state index is 11.2. The van der Waals surface area contributed by atoms with Gasteiger partial charge in [-0.25, -0.2) is 14.5 Å². The predicted molar refractivity (Wildman–Crippen MR) is 82.4 cm³/mol. The molecule has 2 aromatic heterocycles. The van der Waals surface area contributed by atoms with Gasteiger partial charge in [0.25, 0.3) is 0 Å². The van der Waals surface area contributed by atoms with Crippen LogP contribution in [0.1, 0.15) is 31.2 Å². The summed E-state index contributed by atoms with van der Waals surface area (Å²) < 4.78 is 12.0. The molecule has 1 atom stereocenters. The van der Waals surface area contributed by atoms with Crippen molar-refractivity contribution in [3.63, 3.8) is 0 Å². The third kappa shape index (κ3) is 2.98. The Labute approximate surface area is 132 Å². The maximum absolute atomic E-state index is 11.2. The van der Waals surface area contributed by atoms with E-state index < -0.39 is 5.97 Å². The zero-order valence-corrected chi connectivity index (χ0v) is 12.9. The van der Waals surface area contributed by atoms with Gasteiger partial charge in [-0.2, -0.15) is 5.10 Å². The molecule has 22 heavy (non-hydrogen) atoms. The number of pyridine rings is 1. The van der Waals surface area contributed by atoms with Crippen LogP contribution in [0.5, 0.6) is 0 Å². The van der Waals surface area contributed by atoms with Crippen molar-refractivity contribution < 1.29 is 14.3 Å². The van der Waals surface area contributed by atoms with E-state index in [1.165, 1.54) is 13.2 Å². The molecule has 0 N–H and O–H groups in total. The molecule has 7 heteroatoms. The summed E-state index contributed by atoms with van der Waals surface area (Å²) in [6.07, 6.45) is 5.81. The van der Waals surface area contributed by atoms with Gasteiger partial charge >= 0.3 is 5.97 Å². The first-order valence-corrected chi connectivity index (χ1v) is 7.49. The summed E-state index contributed by atoms with van der Waals surface area (Å²) >= 11 is 6.18. The number of ether oxygens (including phenoxy) is 2. The minimum absolute atomic E-state index is 0.143. The van der Waals surface area contributed by atoms with Crippen LogP contribution < -0.4 is 0 Å². The van der Waals surface area contributed by atoms with Crippen molar-refractivity contribution in [2.45, 2.75) is 25.5 Å². The van der Waals surface area contributed by atoms with E-state index in [4.69, 9.17) is 16.3 Å². The molecule has 0 bridgehead atoms. The number of nitrogens with zero attached hydrogens (tertiary/aromatic N) is 3. The average molecular weight is 322 g/mol. The van der Waals surface area contributed by atoms with Crippen molar-refractivity contribution in [2.75, 3.05) is 13.7 Å². The fraction of sp³-hybridized carbons (Fsp3) is 0.400. The second-order valence-corrected chi connectivity index (χ2v) is 5.38. The molecule has 2 aromatic rings. The summed E-state index contributed by atoms with van der Waals surface area (Å²) in [5.74, 6) is -0.427. The first-order chi connectivity index (χ1) is 10.7. The van der Waals surface area contributed by atoms with Gasteiger partial charge in [-0.05, 0) is 37.5 Å². The maximum Gasteiger partial charge on any atom is 0.330 e. The molecule has 0 spiro atoms. The van der Waals surface area contributed by atoms with E-state index in [1.807, 2.05) is 6.07 Å². The zero-order chi connectivity index (χ0) is 15.5. The van der Waals surface area contributed by atoms with Crippen LogP contribution >= 0.6 is 11.6 Å². The van der Waals surface area contributed by atoms with Crippen LogP contribution in [-0.4, -0.2) is 34.5 Å². The van der Waals surface area contributed by atoms with Crippen LogP contribution in [-0.2, 0) is 14.3 Å². The Morgan fingerprint density at radius 1 is 1.50 bits per heavy atom. The number of rotatable bonds is 3. The first-order valence-electron chi connectivity index (χ1n) is 7.11. The largest absolute Gasteiger partial charge is 0.466 e. The molecule has 3 heterocycles. The van der Waals surface area contributed by atoms with Crippen LogP contribution in [0, 0.1) is 0 Å². The lowest BCUT2D eigenvalue weighted by Crippen LogP contribution is -2.19. The number of hydrogen-bond donors (Lipinski definition) is 0. The molecule has 1 aliphatic heterocycles. The number of fused-ring (bicyclic) bond motifs is 1. The number of hydrogen-bond acceptors (Lipinski definition) is 5. The van der Waals surface area contributed by atoms with Gasteiger partial charge in [0.15, 0.2) is 17.0 Å². The van der Waals surface area contributed by atoms with Gasteiger partial charge in [0.1, 0.15) is 0 Å². The third-order valence-corrected chi connectivity index (χ3v) is 3.83. The minimum Gasteiger partial charge on any atom is -0.466 e. The number of esters is 1. The van der Waals surface area contributed by atoms with Gasteiger partial charge in [0.05, 0.1) is 18.2 Å². The summed E-state index contributed by atoms with van der Waals surface area (Å²) in [6.45, 7) is 0.714. The fourth-order valence-corrected chi connectivity index (χ4v) is 2.66. The van der Waals surface area contributed by atoms with Gasteiger partial charge in [0, 0.05) is 12.7 Å². The van der Waals surface area contributed by atoms with E-state index in [0.717, 1.165) is 24.6 Å². The van der Waals surface area contributed by atoms with Crippen molar-refractivity contribution in [3.8, 4) is 0 Å². The number of methoxy groups -OCH3 is 1. The lowest BCUT2D eigenvalue weighted by molar-refractivity contribution is -0.134. The molecule has 1 saturated heterocycles. The van der Waals surface area contributed by atoms with Crippen LogP contribution in [0.25, 0.3) is 17.1 Å². The van der Waals surface area contributed by atoms with Gasteiger partial charge in [0.2, 0.25) is 0 Å². The second-order valence-electron chi connectivity index (χ2n) is 5.02. The van der Waals surface area contributed by atoms with E-state index in [9.17, 15) is 4.79 Å². The number of carbonyl (C=O) groups is 1. The fourth-order valence-electron chi connectivity index (χ4n) is 2.43. The SMILES string of the molecule is COC(=O)/C=C/c1ccc2c(Cl)nn(C3CCCCO3)c2n1. The van der Waals surface area contributed by atoms with Crippen molar-refractivity contribution in [3.05, 3.63) is 29.1 Å². The Morgan fingerprint density at radius 3 is 3.09 bits per heavy atom. The molecule has 1 aliphatic rings. The Hall–Kier alpha value is -1.92. The third-order valence-electron chi connectivity index (χ3n) is 3.55. The Bertz CT molecular complexity index is 720. The van der Waals surface area contributed by atoms with Crippen molar-refractivity contribution in [2.24, 2.45) is 0 Å². The first kappa shape index (κ1) is 15.0. The quantitative estimate of drug-likeness (QED) is 0.642. The Morgan fingerprint density at radius 2 is 2.36 bits per heavy atom.